The zero-order valence-corrected chi connectivity index (χ0v) is 9.78. The monoisotopic (exact) mass is 229 g/mol. The summed E-state index contributed by atoms with van der Waals surface area (Å²) in [6, 6.07) is -0.826. The van der Waals surface area contributed by atoms with Gasteiger partial charge in [-0.3, -0.25) is 9.59 Å². The Morgan fingerprint density at radius 3 is 2.50 bits per heavy atom. The summed E-state index contributed by atoms with van der Waals surface area (Å²) in [5, 5.41) is 11.3. The molecule has 0 saturated heterocycles. The zero-order chi connectivity index (χ0) is 12.2. The molecule has 5 nitrogen and oxygen atoms in total. The zero-order valence-electron chi connectivity index (χ0n) is 9.78. The Hall–Kier alpha value is -1.10. The van der Waals surface area contributed by atoms with E-state index in [1.54, 1.807) is 7.11 Å². The number of amides is 1. The van der Waals surface area contributed by atoms with E-state index in [2.05, 4.69) is 5.32 Å². The van der Waals surface area contributed by atoms with Crippen LogP contribution in [-0.2, 0) is 14.3 Å². The first-order valence-corrected chi connectivity index (χ1v) is 5.54. The Kier molecular flexibility index (Phi) is 4.29. The molecule has 2 N–H and O–H groups in total. The molecule has 0 aromatic carbocycles. The molecule has 1 fully saturated rings. The maximum absolute atomic E-state index is 11.9. The fraction of sp³-hybridized carbons (Fsp3) is 0.818. The Morgan fingerprint density at radius 2 is 2.12 bits per heavy atom. The van der Waals surface area contributed by atoms with Crippen molar-refractivity contribution in [1.29, 1.82) is 0 Å². The number of carbonyl (C=O) groups excluding carboxylic acids is 1. The lowest BCUT2D eigenvalue weighted by Crippen LogP contribution is -2.50. The second-order valence-corrected chi connectivity index (χ2v) is 4.41. The molecule has 0 aromatic heterocycles. The normalized spacial score (nSPS) is 19.6. The van der Waals surface area contributed by atoms with Crippen LogP contribution in [0.3, 0.4) is 0 Å². The van der Waals surface area contributed by atoms with Crippen molar-refractivity contribution in [2.75, 3.05) is 13.7 Å². The largest absolute Gasteiger partial charge is 0.480 e. The van der Waals surface area contributed by atoms with E-state index in [1.165, 1.54) is 6.92 Å². The molecule has 5 heteroatoms. The number of methoxy groups -OCH3 is 1. The maximum atomic E-state index is 11.9. The number of rotatable bonds is 6. The van der Waals surface area contributed by atoms with Crippen molar-refractivity contribution in [2.45, 2.75) is 38.6 Å². The van der Waals surface area contributed by atoms with Crippen molar-refractivity contribution >= 4 is 11.9 Å². The fourth-order valence-corrected chi connectivity index (χ4v) is 1.90. The van der Waals surface area contributed by atoms with Gasteiger partial charge in [0.1, 0.15) is 6.04 Å². The molecular weight excluding hydrogens is 210 g/mol. The third-order valence-electron chi connectivity index (χ3n) is 3.30. The van der Waals surface area contributed by atoms with Crippen LogP contribution in [-0.4, -0.2) is 36.7 Å². The van der Waals surface area contributed by atoms with Gasteiger partial charge in [0, 0.05) is 13.7 Å². The molecule has 1 aliphatic rings. The van der Waals surface area contributed by atoms with Crippen molar-refractivity contribution in [2.24, 2.45) is 5.41 Å². The quantitative estimate of drug-likeness (QED) is 0.705. The summed E-state index contributed by atoms with van der Waals surface area (Å²) < 4.78 is 4.98. The van der Waals surface area contributed by atoms with Crippen LogP contribution >= 0.6 is 0 Å². The molecule has 1 atom stereocenters. The molecule has 0 bridgehead atoms. The van der Waals surface area contributed by atoms with Crippen LogP contribution in [0, 0.1) is 5.41 Å². The predicted molar refractivity (Wildman–Crippen MR) is 58.0 cm³/mol. The average Bonchev–Trinajstić information content (AvgIpc) is 2.16. The number of hydrogen-bond acceptors (Lipinski definition) is 3. The summed E-state index contributed by atoms with van der Waals surface area (Å²) in [6.07, 6.45) is 3.35. The van der Waals surface area contributed by atoms with E-state index in [4.69, 9.17) is 9.84 Å². The van der Waals surface area contributed by atoms with E-state index >= 15 is 0 Å². The Labute approximate surface area is 95.2 Å². The van der Waals surface area contributed by atoms with Gasteiger partial charge in [0.2, 0.25) is 5.91 Å². The summed E-state index contributed by atoms with van der Waals surface area (Å²) >= 11 is 0. The number of aliphatic carboxylic acids is 1. The highest BCUT2D eigenvalue weighted by Crippen LogP contribution is 2.44. The van der Waals surface area contributed by atoms with Gasteiger partial charge in [-0.15, -0.1) is 0 Å². The minimum atomic E-state index is -1.01. The van der Waals surface area contributed by atoms with Crippen LogP contribution in [0.5, 0.6) is 0 Å². The summed E-state index contributed by atoms with van der Waals surface area (Å²) in [5.41, 5.74) is -0.389. The third-order valence-corrected chi connectivity index (χ3v) is 3.30. The standard InChI is InChI=1S/C11H19NO4/c1-8(9(13)14)12-10(15)11(4-3-5-11)6-7-16-2/h8H,3-7H2,1-2H3,(H,12,15)(H,13,14)/t8-/m0/s1. The van der Waals surface area contributed by atoms with E-state index in [-0.39, 0.29) is 11.3 Å². The van der Waals surface area contributed by atoms with E-state index in [0.717, 1.165) is 19.3 Å². The first kappa shape index (κ1) is 13.0. The lowest BCUT2D eigenvalue weighted by atomic mass is 9.66. The summed E-state index contributed by atoms with van der Waals surface area (Å²) in [4.78, 5) is 22.6. The fourth-order valence-electron chi connectivity index (χ4n) is 1.90. The topological polar surface area (TPSA) is 75.6 Å². The number of carboxylic acid groups (broad SMARTS) is 1. The first-order valence-electron chi connectivity index (χ1n) is 5.54. The van der Waals surface area contributed by atoms with Crippen molar-refractivity contribution in [3.8, 4) is 0 Å². The van der Waals surface area contributed by atoms with E-state index < -0.39 is 12.0 Å². The second kappa shape index (κ2) is 5.30. The lowest BCUT2D eigenvalue weighted by Gasteiger charge is -2.40. The van der Waals surface area contributed by atoms with Gasteiger partial charge < -0.3 is 15.2 Å². The molecule has 1 rings (SSSR count). The van der Waals surface area contributed by atoms with Gasteiger partial charge in [-0.2, -0.15) is 0 Å². The second-order valence-electron chi connectivity index (χ2n) is 4.41. The molecule has 0 aromatic rings. The molecule has 0 spiro atoms. The SMILES string of the molecule is COCCC1(C(=O)N[C@@H](C)C(=O)O)CCC1. The predicted octanol–water partition coefficient (Wildman–Crippen LogP) is 0.782. The van der Waals surface area contributed by atoms with Crippen molar-refractivity contribution in [3.05, 3.63) is 0 Å². The van der Waals surface area contributed by atoms with Gasteiger partial charge in [-0.1, -0.05) is 6.42 Å². The number of nitrogens with one attached hydrogen (secondary N) is 1. The molecule has 1 amide bonds. The number of hydrogen-bond donors (Lipinski definition) is 2. The molecule has 0 radical (unpaired) electrons. The van der Waals surface area contributed by atoms with Crippen LogP contribution < -0.4 is 5.32 Å². The molecule has 0 unspecified atom stereocenters. The molecule has 1 aliphatic carbocycles. The maximum Gasteiger partial charge on any atom is 0.325 e. The van der Waals surface area contributed by atoms with Crippen LogP contribution in [0.25, 0.3) is 0 Å². The van der Waals surface area contributed by atoms with E-state index in [0.29, 0.717) is 13.0 Å². The minimum absolute atomic E-state index is 0.147. The van der Waals surface area contributed by atoms with Crippen LogP contribution in [0.2, 0.25) is 0 Å². The van der Waals surface area contributed by atoms with Crippen molar-refractivity contribution in [1.82, 2.24) is 5.32 Å². The molecular formula is C11H19NO4. The molecule has 16 heavy (non-hydrogen) atoms. The van der Waals surface area contributed by atoms with Crippen LogP contribution in [0.4, 0.5) is 0 Å². The van der Waals surface area contributed by atoms with Crippen LogP contribution in [0.1, 0.15) is 32.6 Å². The highest BCUT2D eigenvalue weighted by molar-refractivity contribution is 5.87. The summed E-state index contributed by atoms with van der Waals surface area (Å²) in [6.45, 7) is 2.01. The van der Waals surface area contributed by atoms with Gasteiger partial charge in [0.15, 0.2) is 0 Å². The molecule has 92 valence electrons. The van der Waals surface area contributed by atoms with E-state index in [9.17, 15) is 9.59 Å². The lowest BCUT2D eigenvalue weighted by molar-refractivity contribution is -0.146. The number of ether oxygens (including phenoxy) is 1. The van der Waals surface area contributed by atoms with Crippen molar-refractivity contribution < 1.29 is 19.4 Å². The summed E-state index contributed by atoms with van der Waals surface area (Å²) in [5.74, 6) is -1.15. The van der Waals surface area contributed by atoms with E-state index in [1.807, 2.05) is 0 Å². The number of carbonyl (C=O) groups is 2. The number of carboxylic acids is 1. The Balaban J connectivity index is 2.52. The first-order chi connectivity index (χ1) is 7.52. The third kappa shape index (κ3) is 2.72. The highest BCUT2D eigenvalue weighted by atomic mass is 16.5. The van der Waals surface area contributed by atoms with Gasteiger partial charge in [0.05, 0.1) is 5.41 Å². The molecule has 0 aliphatic heterocycles. The van der Waals surface area contributed by atoms with Crippen molar-refractivity contribution in [3.63, 3.8) is 0 Å². The van der Waals surface area contributed by atoms with Gasteiger partial charge >= 0.3 is 5.97 Å². The Bertz CT molecular complexity index is 273. The minimum Gasteiger partial charge on any atom is -0.480 e. The molecule has 0 heterocycles. The Morgan fingerprint density at radius 1 is 1.50 bits per heavy atom. The summed E-state index contributed by atoms with van der Waals surface area (Å²) in [7, 11) is 1.60. The van der Waals surface area contributed by atoms with Gasteiger partial charge in [-0.05, 0) is 26.2 Å². The highest BCUT2D eigenvalue weighted by Gasteiger charge is 2.44. The van der Waals surface area contributed by atoms with Gasteiger partial charge in [0.25, 0.3) is 0 Å². The smallest absolute Gasteiger partial charge is 0.325 e. The van der Waals surface area contributed by atoms with Gasteiger partial charge in [-0.25, -0.2) is 0 Å². The average molecular weight is 229 g/mol. The molecule has 1 saturated carbocycles. The van der Waals surface area contributed by atoms with Crippen LogP contribution in [0.15, 0.2) is 0 Å².